The molecular formula is C18H22F3N3O2S. The van der Waals surface area contributed by atoms with E-state index in [1.54, 1.807) is 0 Å². The summed E-state index contributed by atoms with van der Waals surface area (Å²) in [5, 5.41) is 3.81. The second-order valence-electron chi connectivity index (χ2n) is 7.13. The van der Waals surface area contributed by atoms with Gasteiger partial charge >= 0.3 is 6.18 Å². The van der Waals surface area contributed by atoms with E-state index in [2.05, 4.69) is 9.82 Å². The number of nitrogens with one attached hydrogen (secondary N) is 1. The number of sulfonamides is 1. The van der Waals surface area contributed by atoms with Gasteiger partial charge in [0.2, 0.25) is 10.0 Å². The third kappa shape index (κ3) is 4.19. The lowest BCUT2D eigenvalue weighted by Gasteiger charge is -2.15. The molecule has 1 N–H and O–H groups in total. The predicted octanol–water partition coefficient (Wildman–Crippen LogP) is 3.70. The fourth-order valence-corrected chi connectivity index (χ4v) is 4.38. The largest absolute Gasteiger partial charge is 0.435 e. The Morgan fingerprint density at radius 3 is 2.37 bits per heavy atom. The Labute approximate surface area is 156 Å². The van der Waals surface area contributed by atoms with Crippen molar-refractivity contribution in [1.29, 1.82) is 0 Å². The highest BCUT2D eigenvalue weighted by Crippen LogP contribution is 2.36. The lowest BCUT2D eigenvalue weighted by Crippen LogP contribution is -2.27. The van der Waals surface area contributed by atoms with Crippen LogP contribution in [0.2, 0.25) is 0 Å². The normalized spacial score (nSPS) is 15.2. The Bertz CT molecular complexity index is 917. The van der Waals surface area contributed by atoms with Crippen LogP contribution in [0, 0.1) is 5.92 Å². The van der Waals surface area contributed by atoms with Gasteiger partial charge in [0, 0.05) is 17.8 Å². The maximum atomic E-state index is 13.3. The Morgan fingerprint density at radius 1 is 1.15 bits per heavy atom. The molecule has 1 heterocycles. The summed E-state index contributed by atoms with van der Waals surface area (Å²) in [6, 6.07) is 5.77. The monoisotopic (exact) mass is 401 g/mol. The topological polar surface area (TPSA) is 64.0 Å². The van der Waals surface area contributed by atoms with Crippen molar-refractivity contribution in [2.45, 2.75) is 50.6 Å². The third-order valence-corrected chi connectivity index (χ3v) is 5.96. The number of alkyl halides is 3. The molecule has 1 aliphatic carbocycles. The molecule has 1 aromatic carbocycles. The second-order valence-corrected chi connectivity index (χ2v) is 8.90. The Kier molecular flexibility index (Phi) is 5.36. The van der Waals surface area contributed by atoms with Crippen LogP contribution in [0.1, 0.15) is 43.6 Å². The number of aromatic nitrogens is 2. The van der Waals surface area contributed by atoms with E-state index in [1.165, 1.54) is 28.9 Å². The van der Waals surface area contributed by atoms with Crippen LogP contribution in [0.3, 0.4) is 0 Å². The molecule has 0 saturated heterocycles. The number of nitrogens with zero attached hydrogens (tertiary/aromatic N) is 2. The standard InChI is InChI=1S/C18H22F3N3O2S/c1-12(2)11-22-27(25,26)14-9-7-13(8-10-14)24-16-6-4-3-5-15(16)17(23-24)18(19,20)21/h7-10,12,22H,3-6,11H2,1-2H3. The smallest absolute Gasteiger partial charge is 0.237 e. The summed E-state index contributed by atoms with van der Waals surface area (Å²) in [7, 11) is -3.65. The highest BCUT2D eigenvalue weighted by Gasteiger charge is 2.39. The molecule has 0 radical (unpaired) electrons. The van der Waals surface area contributed by atoms with E-state index in [0.29, 0.717) is 37.2 Å². The summed E-state index contributed by atoms with van der Waals surface area (Å²) in [6.45, 7) is 4.10. The number of halogens is 3. The Morgan fingerprint density at radius 2 is 1.78 bits per heavy atom. The van der Waals surface area contributed by atoms with Crippen molar-refractivity contribution < 1.29 is 21.6 Å². The van der Waals surface area contributed by atoms with E-state index < -0.39 is 21.9 Å². The van der Waals surface area contributed by atoms with Gasteiger partial charge in [-0.2, -0.15) is 18.3 Å². The molecule has 0 unspecified atom stereocenters. The number of benzene rings is 1. The van der Waals surface area contributed by atoms with E-state index >= 15 is 0 Å². The lowest BCUT2D eigenvalue weighted by molar-refractivity contribution is -0.142. The van der Waals surface area contributed by atoms with Gasteiger partial charge in [0.25, 0.3) is 0 Å². The first-order chi connectivity index (χ1) is 12.6. The molecule has 148 valence electrons. The van der Waals surface area contributed by atoms with Gasteiger partial charge in [-0.3, -0.25) is 0 Å². The average Bonchev–Trinajstić information content (AvgIpc) is 3.00. The van der Waals surface area contributed by atoms with Crippen molar-refractivity contribution in [3.05, 3.63) is 41.2 Å². The van der Waals surface area contributed by atoms with E-state index in [-0.39, 0.29) is 16.4 Å². The SMILES string of the molecule is CC(C)CNS(=O)(=O)c1ccc(-n2nc(C(F)(F)F)c3c2CCCC3)cc1. The van der Waals surface area contributed by atoms with Crippen molar-refractivity contribution in [1.82, 2.24) is 14.5 Å². The first-order valence-electron chi connectivity index (χ1n) is 8.87. The van der Waals surface area contributed by atoms with E-state index in [1.807, 2.05) is 13.8 Å². The summed E-state index contributed by atoms with van der Waals surface area (Å²) in [4.78, 5) is 0.0731. The summed E-state index contributed by atoms with van der Waals surface area (Å²) in [5.41, 5.74) is 0.394. The van der Waals surface area contributed by atoms with Crippen molar-refractivity contribution >= 4 is 10.0 Å². The minimum atomic E-state index is -4.50. The van der Waals surface area contributed by atoms with Crippen LogP contribution in [-0.4, -0.2) is 24.7 Å². The van der Waals surface area contributed by atoms with Gasteiger partial charge in [0.1, 0.15) is 0 Å². The van der Waals surface area contributed by atoms with Crippen LogP contribution >= 0.6 is 0 Å². The molecule has 0 aliphatic heterocycles. The molecule has 5 nitrogen and oxygen atoms in total. The first kappa shape index (κ1) is 19.9. The first-order valence-corrected chi connectivity index (χ1v) is 10.4. The summed E-state index contributed by atoms with van der Waals surface area (Å²) < 4.78 is 68.3. The molecular weight excluding hydrogens is 379 g/mol. The van der Waals surface area contributed by atoms with Crippen molar-refractivity contribution in [3.63, 3.8) is 0 Å². The molecule has 9 heteroatoms. The molecule has 27 heavy (non-hydrogen) atoms. The second kappa shape index (κ2) is 7.27. The average molecular weight is 401 g/mol. The van der Waals surface area contributed by atoms with Gasteiger partial charge in [0.05, 0.1) is 10.6 Å². The lowest BCUT2D eigenvalue weighted by atomic mass is 9.95. The van der Waals surface area contributed by atoms with Gasteiger partial charge in [0.15, 0.2) is 5.69 Å². The number of rotatable bonds is 5. The van der Waals surface area contributed by atoms with E-state index in [0.717, 1.165) is 6.42 Å². The quantitative estimate of drug-likeness (QED) is 0.831. The molecule has 0 atom stereocenters. The van der Waals surface area contributed by atoms with E-state index in [4.69, 9.17) is 0 Å². The zero-order valence-corrected chi connectivity index (χ0v) is 16.0. The van der Waals surface area contributed by atoms with Gasteiger partial charge < -0.3 is 0 Å². The van der Waals surface area contributed by atoms with Crippen LogP contribution in [0.5, 0.6) is 0 Å². The number of fused-ring (bicyclic) bond motifs is 1. The fraction of sp³-hybridized carbons (Fsp3) is 0.500. The van der Waals surface area contributed by atoms with Gasteiger partial charge in [-0.1, -0.05) is 13.8 Å². The molecule has 2 aromatic rings. The molecule has 3 rings (SSSR count). The molecule has 0 bridgehead atoms. The summed E-state index contributed by atoms with van der Waals surface area (Å²) >= 11 is 0. The molecule has 0 spiro atoms. The predicted molar refractivity (Wildman–Crippen MR) is 95.2 cm³/mol. The molecule has 0 fully saturated rings. The molecule has 1 aromatic heterocycles. The van der Waals surface area contributed by atoms with Crippen LogP contribution in [0.25, 0.3) is 5.69 Å². The summed E-state index contributed by atoms with van der Waals surface area (Å²) in [5.74, 6) is 0.162. The van der Waals surface area contributed by atoms with Gasteiger partial charge in [-0.25, -0.2) is 17.8 Å². The summed E-state index contributed by atoms with van der Waals surface area (Å²) in [6.07, 6.45) is -2.11. The number of hydrogen-bond acceptors (Lipinski definition) is 3. The van der Waals surface area contributed by atoms with Crippen LogP contribution in [0.15, 0.2) is 29.2 Å². The molecule has 1 aliphatic rings. The van der Waals surface area contributed by atoms with Gasteiger partial charge in [-0.05, 0) is 55.9 Å². The maximum Gasteiger partial charge on any atom is 0.435 e. The minimum absolute atomic E-state index is 0.0731. The minimum Gasteiger partial charge on any atom is -0.237 e. The molecule has 0 saturated carbocycles. The highest BCUT2D eigenvalue weighted by molar-refractivity contribution is 7.89. The van der Waals surface area contributed by atoms with Crippen molar-refractivity contribution in [2.24, 2.45) is 5.92 Å². The van der Waals surface area contributed by atoms with E-state index in [9.17, 15) is 21.6 Å². The van der Waals surface area contributed by atoms with Crippen LogP contribution < -0.4 is 4.72 Å². The van der Waals surface area contributed by atoms with Crippen LogP contribution in [-0.2, 0) is 29.0 Å². The third-order valence-electron chi connectivity index (χ3n) is 4.52. The number of hydrogen-bond donors (Lipinski definition) is 1. The van der Waals surface area contributed by atoms with Crippen molar-refractivity contribution in [2.75, 3.05) is 6.54 Å². The van der Waals surface area contributed by atoms with Crippen molar-refractivity contribution in [3.8, 4) is 5.69 Å². The zero-order valence-electron chi connectivity index (χ0n) is 15.2. The zero-order chi connectivity index (χ0) is 19.8. The fourth-order valence-electron chi connectivity index (χ4n) is 3.17. The Hall–Kier alpha value is -1.87. The molecule has 0 amide bonds. The highest BCUT2D eigenvalue weighted by atomic mass is 32.2. The van der Waals surface area contributed by atoms with Crippen LogP contribution in [0.4, 0.5) is 13.2 Å². The maximum absolute atomic E-state index is 13.3. The Balaban J connectivity index is 1.95. The van der Waals surface area contributed by atoms with Gasteiger partial charge in [-0.15, -0.1) is 0 Å².